The summed E-state index contributed by atoms with van der Waals surface area (Å²) in [5.41, 5.74) is 12.3. The molecule has 0 saturated carbocycles. The molecular formula is C39H27NO2. The molecule has 0 bridgehead atoms. The van der Waals surface area contributed by atoms with E-state index in [-0.39, 0.29) is 11.2 Å². The van der Waals surface area contributed by atoms with E-state index in [1.165, 1.54) is 38.5 Å². The Labute approximate surface area is 242 Å². The molecular weight excluding hydrogens is 514 g/mol. The van der Waals surface area contributed by atoms with Crippen LogP contribution in [0.3, 0.4) is 0 Å². The van der Waals surface area contributed by atoms with Gasteiger partial charge in [-0.2, -0.15) is 0 Å². The van der Waals surface area contributed by atoms with Crippen molar-refractivity contribution in [3.63, 3.8) is 0 Å². The summed E-state index contributed by atoms with van der Waals surface area (Å²) in [6.07, 6.45) is 0. The SMILES string of the molecule is CC1(C)c2ccccc2-c2cc3c4cc(-c5ccc(O)c6c5oc5ccccc56)ccc4n(-c4ccccc4)c3cc21. The van der Waals surface area contributed by atoms with Gasteiger partial charge in [0.1, 0.15) is 16.9 Å². The molecule has 42 heavy (non-hydrogen) atoms. The minimum absolute atomic E-state index is 0.0812. The standard InChI is InChI=1S/C39H27NO2/c1-39(2)31-14-8-6-12-26(31)28-21-30-29-20-23(25-17-19-35(41)37-27-13-7-9-15-36(27)42-38(25)37)16-18-33(29)40(34(30)22-32(28)39)24-10-4-3-5-11-24/h3-22,41H,1-2H3. The third-order valence-electron chi connectivity index (χ3n) is 9.30. The van der Waals surface area contributed by atoms with Crippen molar-refractivity contribution < 1.29 is 9.52 Å². The van der Waals surface area contributed by atoms with Crippen LogP contribution in [0.2, 0.25) is 0 Å². The molecule has 0 spiro atoms. The van der Waals surface area contributed by atoms with Crippen molar-refractivity contribution in [1.29, 1.82) is 0 Å². The molecule has 1 aliphatic carbocycles. The van der Waals surface area contributed by atoms with Gasteiger partial charge >= 0.3 is 0 Å². The second kappa shape index (κ2) is 8.14. The predicted molar refractivity (Wildman–Crippen MR) is 173 cm³/mol. The molecule has 2 heterocycles. The number of rotatable bonds is 2. The molecule has 3 heteroatoms. The van der Waals surface area contributed by atoms with Crippen molar-refractivity contribution in [3.05, 3.63) is 132 Å². The molecule has 0 atom stereocenters. The van der Waals surface area contributed by atoms with Gasteiger partial charge in [-0.3, -0.25) is 0 Å². The van der Waals surface area contributed by atoms with Crippen LogP contribution in [-0.2, 0) is 5.41 Å². The average molecular weight is 542 g/mol. The first-order chi connectivity index (χ1) is 20.5. The zero-order valence-electron chi connectivity index (χ0n) is 23.3. The highest BCUT2D eigenvalue weighted by Crippen LogP contribution is 2.51. The van der Waals surface area contributed by atoms with Crippen molar-refractivity contribution in [2.24, 2.45) is 0 Å². The Kier molecular flexibility index (Phi) is 4.54. The van der Waals surface area contributed by atoms with Crippen LogP contribution in [0.25, 0.3) is 71.7 Å². The molecule has 200 valence electrons. The first-order valence-electron chi connectivity index (χ1n) is 14.4. The Balaban J connectivity index is 1.38. The van der Waals surface area contributed by atoms with E-state index in [9.17, 15) is 5.11 Å². The van der Waals surface area contributed by atoms with Gasteiger partial charge in [0, 0.05) is 32.8 Å². The van der Waals surface area contributed by atoms with Gasteiger partial charge in [0.15, 0.2) is 0 Å². The van der Waals surface area contributed by atoms with E-state index in [0.717, 1.165) is 38.7 Å². The van der Waals surface area contributed by atoms with Gasteiger partial charge in [0.05, 0.1) is 16.4 Å². The topological polar surface area (TPSA) is 38.3 Å². The highest BCUT2D eigenvalue weighted by Gasteiger charge is 2.36. The molecule has 1 aliphatic rings. The molecule has 3 nitrogen and oxygen atoms in total. The van der Waals surface area contributed by atoms with Crippen LogP contribution in [0, 0.1) is 0 Å². The molecule has 0 amide bonds. The Bertz CT molecular complexity index is 2390. The van der Waals surface area contributed by atoms with Crippen LogP contribution in [0.15, 0.2) is 126 Å². The van der Waals surface area contributed by atoms with Gasteiger partial charge in [0.2, 0.25) is 0 Å². The minimum atomic E-state index is -0.0812. The third-order valence-corrected chi connectivity index (χ3v) is 9.30. The maximum absolute atomic E-state index is 10.8. The number of aromatic nitrogens is 1. The summed E-state index contributed by atoms with van der Waals surface area (Å²) in [5.74, 6) is 0.234. The fourth-order valence-electron chi connectivity index (χ4n) is 7.27. The smallest absolute Gasteiger partial charge is 0.146 e. The van der Waals surface area contributed by atoms with Crippen LogP contribution in [0.4, 0.5) is 0 Å². The lowest BCUT2D eigenvalue weighted by molar-refractivity contribution is 0.481. The van der Waals surface area contributed by atoms with Gasteiger partial charge in [-0.1, -0.05) is 80.6 Å². The molecule has 0 unspecified atom stereocenters. The zero-order valence-corrected chi connectivity index (χ0v) is 23.3. The van der Waals surface area contributed by atoms with E-state index >= 15 is 0 Å². The Morgan fingerprint density at radius 3 is 2.24 bits per heavy atom. The van der Waals surface area contributed by atoms with Crippen LogP contribution < -0.4 is 0 Å². The van der Waals surface area contributed by atoms with Gasteiger partial charge in [0.25, 0.3) is 0 Å². The Hall–Kier alpha value is -5.28. The van der Waals surface area contributed by atoms with Crippen molar-refractivity contribution in [2.45, 2.75) is 19.3 Å². The molecule has 0 fully saturated rings. The number of phenols is 1. The third kappa shape index (κ3) is 3.00. The lowest BCUT2D eigenvalue weighted by Crippen LogP contribution is -2.14. The summed E-state index contributed by atoms with van der Waals surface area (Å²) >= 11 is 0. The summed E-state index contributed by atoms with van der Waals surface area (Å²) < 4.78 is 8.74. The van der Waals surface area contributed by atoms with Crippen LogP contribution in [0.5, 0.6) is 5.75 Å². The monoisotopic (exact) mass is 541 g/mol. The summed E-state index contributed by atoms with van der Waals surface area (Å²) in [6, 6.07) is 42.6. The molecule has 9 rings (SSSR count). The average Bonchev–Trinajstić information content (AvgIpc) is 3.63. The zero-order chi connectivity index (χ0) is 28.2. The van der Waals surface area contributed by atoms with Crippen LogP contribution in [-0.4, -0.2) is 9.67 Å². The maximum atomic E-state index is 10.8. The van der Waals surface area contributed by atoms with Crippen molar-refractivity contribution in [3.8, 4) is 33.7 Å². The largest absolute Gasteiger partial charge is 0.507 e. The summed E-state index contributed by atoms with van der Waals surface area (Å²) in [4.78, 5) is 0. The van der Waals surface area contributed by atoms with Crippen molar-refractivity contribution in [2.75, 3.05) is 0 Å². The number of phenolic OH excluding ortho intramolecular Hbond substituents is 1. The second-order valence-corrected chi connectivity index (χ2v) is 11.9. The number of benzene rings is 6. The highest BCUT2D eigenvalue weighted by molar-refractivity contribution is 6.15. The number of fused-ring (bicyclic) bond motifs is 9. The lowest BCUT2D eigenvalue weighted by Gasteiger charge is -2.21. The summed E-state index contributed by atoms with van der Waals surface area (Å²) in [7, 11) is 0. The molecule has 1 N–H and O–H groups in total. The Morgan fingerprint density at radius 2 is 1.36 bits per heavy atom. The van der Waals surface area contributed by atoms with Gasteiger partial charge in [-0.05, 0) is 82.4 Å². The number of furan rings is 1. The van der Waals surface area contributed by atoms with E-state index in [0.29, 0.717) is 5.58 Å². The minimum Gasteiger partial charge on any atom is -0.507 e. The number of aromatic hydroxyl groups is 1. The van der Waals surface area contributed by atoms with Crippen molar-refractivity contribution in [1.82, 2.24) is 4.57 Å². The summed E-state index contributed by atoms with van der Waals surface area (Å²) in [6.45, 7) is 4.67. The first kappa shape index (κ1) is 23.4. The lowest BCUT2D eigenvalue weighted by atomic mass is 9.82. The number of hydrogen-bond donors (Lipinski definition) is 1. The van der Waals surface area contributed by atoms with Crippen LogP contribution >= 0.6 is 0 Å². The molecule has 6 aromatic carbocycles. The number of nitrogens with zero attached hydrogens (tertiary/aromatic N) is 1. The summed E-state index contributed by atoms with van der Waals surface area (Å²) in [5, 5.41) is 14.9. The van der Waals surface area contributed by atoms with Crippen molar-refractivity contribution >= 4 is 43.7 Å². The van der Waals surface area contributed by atoms with E-state index in [1.54, 1.807) is 6.07 Å². The van der Waals surface area contributed by atoms with Gasteiger partial charge in [-0.25, -0.2) is 0 Å². The molecule has 2 aromatic heterocycles. The predicted octanol–water partition coefficient (Wildman–Crippen LogP) is 10.4. The normalized spacial score (nSPS) is 13.8. The highest BCUT2D eigenvalue weighted by atomic mass is 16.3. The molecule has 0 aliphatic heterocycles. The molecule has 8 aromatic rings. The van der Waals surface area contributed by atoms with Gasteiger partial charge in [-0.15, -0.1) is 0 Å². The molecule has 0 radical (unpaired) electrons. The van der Waals surface area contributed by atoms with E-state index in [2.05, 4.69) is 103 Å². The fourth-order valence-corrected chi connectivity index (χ4v) is 7.27. The van der Waals surface area contributed by atoms with Crippen LogP contribution in [0.1, 0.15) is 25.0 Å². The maximum Gasteiger partial charge on any atom is 0.146 e. The fraction of sp³-hybridized carbons (Fsp3) is 0.0769. The second-order valence-electron chi connectivity index (χ2n) is 11.9. The van der Waals surface area contributed by atoms with Gasteiger partial charge < -0.3 is 14.1 Å². The first-order valence-corrected chi connectivity index (χ1v) is 14.4. The Morgan fingerprint density at radius 1 is 0.595 bits per heavy atom. The number of hydrogen-bond acceptors (Lipinski definition) is 2. The van der Waals surface area contributed by atoms with E-state index in [4.69, 9.17) is 4.42 Å². The van der Waals surface area contributed by atoms with E-state index < -0.39 is 0 Å². The number of para-hydroxylation sites is 2. The van der Waals surface area contributed by atoms with E-state index in [1.807, 2.05) is 30.3 Å². The molecule has 0 saturated heterocycles. The quantitative estimate of drug-likeness (QED) is 0.236.